The minimum atomic E-state index is -0.755. The average Bonchev–Trinajstić information content (AvgIpc) is 1.88. The molecule has 4 heteroatoms. The molecule has 1 rings (SSSR count). The van der Waals surface area contributed by atoms with Crippen molar-refractivity contribution >= 4 is 30.5 Å². The van der Waals surface area contributed by atoms with Crippen LogP contribution in [-0.2, 0) is 8.86 Å². The molecule has 1 aliphatic rings. The van der Waals surface area contributed by atoms with Gasteiger partial charge in [-0.25, -0.2) is 4.21 Å². The third-order valence-electron chi connectivity index (χ3n) is 1.35. The van der Waals surface area contributed by atoms with Gasteiger partial charge in [-0.15, -0.1) is 12.3 Å². The van der Waals surface area contributed by atoms with Gasteiger partial charge in [0.15, 0.2) is 0 Å². The second-order valence-electron chi connectivity index (χ2n) is 2.06. The van der Waals surface area contributed by atoms with Crippen molar-refractivity contribution in [2.75, 3.05) is 5.75 Å². The molecule has 0 saturated carbocycles. The normalized spacial score (nSPS) is 40.6. The molecule has 1 nitrogen and oxygen atoms in total. The summed E-state index contributed by atoms with van der Waals surface area (Å²) in [5.74, 6) is 3.84. The van der Waals surface area contributed by atoms with Crippen molar-refractivity contribution in [1.82, 2.24) is 0 Å². The first kappa shape index (κ1) is 8.51. The van der Waals surface area contributed by atoms with Gasteiger partial charge in [0.25, 0.3) is 0 Å². The van der Waals surface area contributed by atoms with Crippen molar-refractivity contribution in [1.29, 1.82) is 0 Å². The highest BCUT2D eigenvalue weighted by Crippen LogP contribution is 2.36. The lowest BCUT2D eigenvalue weighted by Crippen LogP contribution is -2.19. The van der Waals surface area contributed by atoms with Gasteiger partial charge in [-0.2, -0.15) is 0 Å². The van der Waals surface area contributed by atoms with Crippen LogP contribution in [0.2, 0.25) is 0 Å². The highest BCUT2D eigenvalue weighted by atomic mass is 33.5. The van der Waals surface area contributed by atoms with Crippen molar-refractivity contribution in [2.24, 2.45) is 5.92 Å². The SMILES string of the molecule is C#CC1CSS(=O)SC1C. The number of rotatable bonds is 0. The third-order valence-corrected chi connectivity index (χ3v) is 6.77. The molecule has 56 valence electrons. The number of terminal acetylenes is 1. The maximum absolute atomic E-state index is 10.9. The molecule has 0 bridgehead atoms. The third kappa shape index (κ3) is 1.94. The molecule has 3 atom stereocenters. The molecule has 0 spiro atoms. The number of hydrogen-bond donors (Lipinski definition) is 0. The Bertz CT molecular complexity index is 184. The predicted octanol–water partition coefficient (Wildman–Crippen LogP) is 1.68. The van der Waals surface area contributed by atoms with Crippen LogP contribution < -0.4 is 0 Å². The topological polar surface area (TPSA) is 17.1 Å². The highest BCUT2D eigenvalue weighted by Gasteiger charge is 2.24. The second-order valence-corrected chi connectivity index (χ2v) is 7.71. The first-order chi connectivity index (χ1) is 4.74. The fourth-order valence-corrected chi connectivity index (χ4v) is 6.24. The molecule has 1 aliphatic heterocycles. The standard InChI is InChI=1S/C6H8OS3/c1-3-6-4-8-10(7)9-5(6)2/h1,5-6H,4H2,2H3. The van der Waals surface area contributed by atoms with E-state index in [4.69, 9.17) is 6.42 Å². The average molecular weight is 192 g/mol. The minimum Gasteiger partial charge on any atom is -0.236 e. The molecule has 1 fully saturated rings. The Morgan fingerprint density at radius 3 is 3.00 bits per heavy atom. The Morgan fingerprint density at radius 2 is 2.50 bits per heavy atom. The largest absolute Gasteiger partial charge is 0.236 e. The lowest BCUT2D eigenvalue weighted by molar-refractivity contribution is 0.696. The van der Waals surface area contributed by atoms with E-state index in [1.807, 2.05) is 6.92 Å². The van der Waals surface area contributed by atoms with Gasteiger partial charge in [-0.1, -0.05) is 6.92 Å². The molecular formula is C6H8OS3. The minimum absolute atomic E-state index is 0.299. The van der Waals surface area contributed by atoms with Crippen LogP contribution in [0, 0.1) is 18.3 Å². The summed E-state index contributed by atoms with van der Waals surface area (Å²) in [4.78, 5) is 0. The van der Waals surface area contributed by atoms with E-state index in [9.17, 15) is 4.21 Å². The zero-order valence-corrected chi connectivity index (χ0v) is 8.02. The lowest BCUT2D eigenvalue weighted by atomic mass is 10.1. The molecule has 1 saturated heterocycles. The van der Waals surface area contributed by atoms with Crippen LogP contribution in [0.1, 0.15) is 6.92 Å². The van der Waals surface area contributed by atoms with Crippen LogP contribution in [-0.4, -0.2) is 15.2 Å². The van der Waals surface area contributed by atoms with Gasteiger partial charge in [0.2, 0.25) is 0 Å². The van der Waals surface area contributed by atoms with Gasteiger partial charge in [0.1, 0.15) is 8.86 Å². The summed E-state index contributed by atoms with van der Waals surface area (Å²) in [6.45, 7) is 2.03. The first-order valence-corrected chi connectivity index (χ1v) is 6.97. The summed E-state index contributed by atoms with van der Waals surface area (Å²) in [7, 11) is 2.16. The van der Waals surface area contributed by atoms with Gasteiger partial charge in [-0.05, 0) is 21.6 Å². The van der Waals surface area contributed by atoms with E-state index < -0.39 is 8.86 Å². The van der Waals surface area contributed by atoms with Crippen molar-refractivity contribution in [3.8, 4) is 12.3 Å². The Hall–Kier alpha value is 0.410. The zero-order valence-electron chi connectivity index (χ0n) is 5.57. The Morgan fingerprint density at radius 1 is 1.80 bits per heavy atom. The maximum Gasteiger partial charge on any atom is 0.141 e. The fourth-order valence-electron chi connectivity index (χ4n) is 0.667. The van der Waals surface area contributed by atoms with E-state index in [1.165, 1.54) is 21.6 Å². The van der Waals surface area contributed by atoms with Crippen LogP contribution in [0.15, 0.2) is 0 Å². The maximum atomic E-state index is 10.9. The van der Waals surface area contributed by atoms with Gasteiger partial charge in [0, 0.05) is 16.9 Å². The Labute approximate surface area is 71.0 Å². The Balaban J connectivity index is 2.53. The molecule has 0 N–H and O–H groups in total. The molecule has 0 aromatic heterocycles. The summed E-state index contributed by atoms with van der Waals surface area (Å²) in [6, 6.07) is 0. The molecule has 0 aromatic rings. The van der Waals surface area contributed by atoms with Crippen LogP contribution in [0.4, 0.5) is 0 Å². The second kappa shape index (κ2) is 3.70. The monoisotopic (exact) mass is 192 g/mol. The number of hydrogen-bond acceptors (Lipinski definition) is 3. The molecule has 0 aromatic carbocycles. The molecule has 1 heterocycles. The van der Waals surface area contributed by atoms with Crippen molar-refractivity contribution < 1.29 is 4.21 Å². The molecule has 0 aliphatic carbocycles. The van der Waals surface area contributed by atoms with Crippen molar-refractivity contribution in [3.63, 3.8) is 0 Å². The van der Waals surface area contributed by atoms with E-state index in [-0.39, 0.29) is 0 Å². The predicted molar refractivity (Wildman–Crippen MR) is 50.0 cm³/mol. The summed E-state index contributed by atoms with van der Waals surface area (Å²) < 4.78 is 10.9. The van der Waals surface area contributed by atoms with Crippen molar-refractivity contribution in [2.45, 2.75) is 12.2 Å². The van der Waals surface area contributed by atoms with Crippen LogP contribution in [0.5, 0.6) is 0 Å². The van der Waals surface area contributed by atoms with E-state index in [1.54, 1.807) is 0 Å². The summed E-state index contributed by atoms with van der Waals surface area (Å²) in [5, 5.41) is 0.354. The van der Waals surface area contributed by atoms with Crippen LogP contribution in [0.25, 0.3) is 0 Å². The van der Waals surface area contributed by atoms with Gasteiger partial charge < -0.3 is 0 Å². The molecule has 3 unspecified atom stereocenters. The highest BCUT2D eigenvalue weighted by molar-refractivity contribution is 9.02. The smallest absolute Gasteiger partial charge is 0.141 e. The van der Waals surface area contributed by atoms with E-state index in [2.05, 4.69) is 5.92 Å². The lowest BCUT2D eigenvalue weighted by Gasteiger charge is -2.21. The van der Waals surface area contributed by atoms with Gasteiger partial charge in [0.05, 0.1) is 0 Å². The fraction of sp³-hybridized carbons (Fsp3) is 0.667. The quantitative estimate of drug-likeness (QED) is 0.429. The van der Waals surface area contributed by atoms with Crippen molar-refractivity contribution in [3.05, 3.63) is 0 Å². The summed E-state index contributed by atoms with van der Waals surface area (Å²) in [6.07, 6.45) is 5.26. The summed E-state index contributed by atoms with van der Waals surface area (Å²) in [5.41, 5.74) is 0. The zero-order chi connectivity index (χ0) is 7.56. The van der Waals surface area contributed by atoms with E-state index in [0.717, 1.165) is 5.75 Å². The molecular weight excluding hydrogens is 184 g/mol. The molecule has 10 heavy (non-hydrogen) atoms. The first-order valence-electron chi connectivity index (χ1n) is 2.92. The van der Waals surface area contributed by atoms with Crippen LogP contribution in [0.3, 0.4) is 0 Å². The van der Waals surface area contributed by atoms with Gasteiger partial charge >= 0.3 is 0 Å². The summed E-state index contributed by atoms with van der Waals surface area (Å²) >= 11 is 0. The van der Waals surface area contributed by atoms with E-state index in [0.29, 0.717) is 11.2 Å². The molecule has 0 amide bonds. The van der Waals surface area contributed by atoms with Crippen LogP contribution >= 0.6 is 21.6 Å². The Kier molecular flexibility index (Phi) is 3.15. The molecule has 0 radical (unpaired) electrons. The van der Waals surface area contributed by atoms with Gasteiger partial charge in [-0.3, -0.25) is 0 Å². The van der Waals surface area contributed by atoms with E-state index >= 15 is 0 Å².